The Balaban J connectivity index is 2.35. The number of amides is 1. The number of hydrogen-bond donors (Lipinski definition) is 1. The van der Waals surface area contributed by atoms with Crippen molar-refractivity contribution in [1.29, 1.82) is 0 Å². The van der Waals surface area contributed by atoms with Crippen LogP contribution in [-0.4, -0.2) is 25.2 Å². The van der Waals surface area contributed by atoms with Gasteiger partial charge in [-0.1, -0.05) is 40.5 Å². The van der Waals surface area contributed by atoms with E-state index < -0.39 is 0 Å². The number of ether oxygens (including phenoxy) is 1. The van der Waals surface area contributed by atoms with Crippen molar-refractivity contribution in [3.05, 3.63) is 0 Å². The largest absolute Gasteiger partial charge is 0.376 e. The molecule has 1 unspecified atom stereocenters. The molecule has 20 heavy (non-hydrogen) atoms. The van der Waals surface area contributed by atoms with E-state index in [0.29, 0.717) is 18.4 Å². The van der Waals surface area contributed by atoms with Crippen LogP contribution in [-0.2, 0) is 9.53 Å². The summed E-state index contributed by atoms with van der Waals surface area (Å²) in [5.41, 5.74) is 0. The molecule has 0 saturated carbocycles. The molecule has 3 heteroatoms. The van der Waals surface area contributed by atoms with Gasteiger partial charge in [0.15, 0.2) is 0 Å². The van der Waals surface area contributed by atoms with Crippen molar-refractivity contribution in [1.82, 2.24) is 5.32 Å². The minimum Gasteiger partial charge on any atom is -0.376 e. The van der Waals surface area contributed by atoms with Gasteiger partial charge in [0.1, 0.15) is 0 Å². The molecule has 1 atom stereocenters. The summed E-state index contributed by atoms with van der Waals surface area (Å²) in [6.07, 6.45) is 6.76. The van der Waals surface area contributed by atoms with E-state index in [-0.39, 0.29) is 17.9 Å². The number of carbonyl (C=O) groups excluding carboxylic acids is 1. The van der Waals surface area contributed by atoms with E-state index in [4.69, 9.17) is 4.74 Å². The third-order valence-electron chi connectivity index (χ3n) is 4.08. The third kappa shape index (κ3) is 7.28. The van der Waals surface area contributed by atoms with Gasteiger partial charge in [0.2, 0.25) is 5.91 Å². The average molecular weight is 283 g/mol. The molecule has 0 radical (unpaired) electrons. The van der Waals surface area contributed by atoms with Crippen LogP contribution in [0.15, 0.2) is 0 Å². The molecular formula is C17H33NO2. The van der Waals surface area contributed by atoms with Crippen molar-refractivity contribution in [2.24, 2.45) is 17.8 Å². The fourth-order valence-corrected chi connectivity index (χ4v) is 2.64. The molecule has 3 nitrogen and oxygen atoms in total. The molecule has 1 heterocycles. The Morgan fingerprint density at radius 3 is 2.15 bits per heavy atom. The van der Waals surface area contributed by atoms with E-state index in [1.54, 1.807) is 0 Å². The van der Waals surface area contributed by atoms with Crippen molar-refractivity contribution < 1.29 is 9.53 Å². The van der Waals surface area contributed by atoms with E-state index in [1.807, 2.05) is 0 Å². The van der Waals surface area contributed by atoms with E-state index in [9.17, 15) is 4.79 Å². The molecule has 0 aromatic rings. The standard InChI is InChI=1S/C17H33NO2/c1-13(2)7-9-15(10-8-14(3)4)17(19)18-12-16-6-5-11-20-16/h13-16H,5-12H2,1-4H3,(H,18,19). The van der Waals surface area contributed by atoms with Crippen molar-refractivity contribution in [2.45, 2.75) is 72.3 Å². The van der Waals surface area contributed by atoms with Gasteiger partial charge in [-0.25, -0.2) is 0 Å². The predicted octanol–water partition coefficient (Wildman–Crippen LogP) is 3.77. The first-order chi connectivity index (χ1) is 9.49. The van der Waals surface area contributed by atoms with Crippen LogP contribution < -0.4 is 5.32 Å². The summed E-state index contributed by atoms with van der Waals surface area (Å²) in [4.78, 5) is 12.4. The quantitative estimate of drug-likeness (QED) is 0.699. The van der Waals surface area contributed by atoms with Crippen LogP contribution >= 0.6 is 0 Å². The first-order valence-corrected chi connectivity index (χ1v) is 8.38. The van der Waals surface area contributed by atoms with Gasteiger partial charge in [-0.05, 0) is 37.5 Å². The minimum absolute atomic E-state index is 0.182. The highest BCUT2D eigenvalue weighted by atomic mass is 16.5. The lowest BCUT2D eigenvalue weighted by Crippen LogP contribution is -2.36. The van der Waals surface area contributed by atoms with E-state index in [1.165, 1.54) is 0 Å². The second-order valence-electron chi connectivity index (χ2n) is 7.02. The molecule has 0 aromatic heterocycles. The Morgan fingerprint density at radius 2 is 1.70 bits per heavy atom. The molecule has 1 saturated heterocycles. The molecule has 1 aliphatic rings. The number of carbonyl (C=O) groups is 1. The lowest BCUT2D eigenvalue weighted by atomic mass is 9.90. The van der Waals surface area contributed by atoms with Crippen LogP contribution in [0.5, 0.6) is 0 Å². The first kappa shape index (κ1) is 17.5. The number of nitrogens with one attached hydrogen (secondary N) is 1. The summed E-state index contributed by atoms with van der Waals surface area (Å²) in [5, 5.41) is 3.11. The summed E-state index contributed by atoms with van der Waals surface area (Å²) < 4.78 is 5.56. The lowest BCUT2D eigenvalue weighted by molar-refractivity contribution is -0.126. The van der Waals surface area contributed by atoms with Crippen LogP contribution in [0, 0.1) is 17.8 Å². The number of rotatable bonds is 9. The molecule has 1 aliphatic heterocycles. The van der Waals surface area contributed by atoms with Crippen LogP contribution in [0.1, 0.15) is 66.2 Å². The maximum atomic E-state index is 12.4. The second-order valence-corrected chi connectivity index (χ2v) is 7.02. The van der Waals surface area contributed by atoms with Gasteiger partial charge in [-0.3, -0.25) is 4.79 Å². The Hall–Kier alpha value is -0.570. The topological polar surface area (TPSA) is 38.3 Å². The Morgan fingerprint density at radius 1 is 1.10 bits per heavy atom. The molecule has 1 rings (SSSR count). The van der Waals surface area contributed by atoms with E-state index in [0.717, 1.165) is 45.1 Å². The summed E-state index contributed by atoms with van der Waals surface area (Å²) >= 11 is 0. The van der Waals surface area contributed by atoms with E-state index >= 15 is 0 Å². The summed E-state index contributed by atoms with van der Waals surface area (Å²) in [6, 6.07) is 0. The van der Waals surface area contributed by atoms with Gasteiger partial charge in [0.05, 0.1) is 6.10 Å². The summed E-state index contributed by atoms with van der Waals surface area (Å²) in [7, 11) is 0. The smallest absolute Gasteiger partial charge is 0.223 e. The SMILES string of the molecule is CC(C)CCC(CCC(C)C)C(=O)NCC1CCCO1. The molecule has 1 N–H and O–H groups in total. The summed E-state index contributed by atoms with van der Waals surface area (Å²) in [5.74, 6) is 1.76. The highest BCUT2D eigenvalue weighted by Gasteiger charge is 2.21. The van der Waals surface area contributed by atoms with Gasteiger partial charge in [0, 0.05) is 19.1 Å². The maximum Gasteiger partial charge on any atom is 0.223 e. The predicted molar refractivity (Wildman–Crippen MR) is 83.6 cm³/mol. The zero-order chi connectivity index (χ0) is 15.0. The zero-order valence-corrected chi connectivity index (χ0v) is 13.8. The summed E-state index contributed by atoms with van der Waals surface area (Å²) in [6.45, 7) is 10.4. The van der Waals surface area contributed by atoms with E-state index in [2.05, 4.69) is 33.0 Å². The molecule has 1 fully saturated rings. The van der Waals surface area contributed by atoms with Crippen molar-refractivity contribution >= 4 is 5.91 Å². The fraction of sp³-hybridized carbons (Fsp3) is 0.941. The van der Waals surface area contributed by atoms with Crippen molar-refractivity contribution in [2.75, 3.05) is 13.2 Å². The molecule has 118 valence electrons. The average Bonchev–Trinajstić information content (AvgIpc) is 2.88. The monoisotopic (exact) mass is 283 g/mol. The fourth-order valence-electron chi connectivity index (χ4n) is 2.64. The van der Waals surface area contributed by atoms with Crippen LogP contribution in [0.2, 0.25) is 0 Å². The molecule has 0 spiro atoms. The Bertz CT molecular complexity index is 258. The van der Waals surface area contributed by atoms with Crippen molar-refractivity contribution in [3.8, 4) is 0 Å². The van der Waals surface area contributed by atoms with Crippen LogP contribution in [0.25, 0.3) is 0 Å². The van der Waals surface area contributed by atoms with Gasteiger partial charge in [-0.2, -0.15) is 0 Å². The Labute approximate surface area is 124 Å². The van der Waals surface area contributed by atoms with Crippen LogP contribution in [0.3, 0.4) is 0 Å². The van der Waals surface area contributed by atoms with Crippen molar-refractivity contribution in [3.63, 3.8) is 0 Å². The van der Waals surface area contributed by atoms with Gasteiger partial charge < -0.3 is 10.1 Å². The molecule has 0 bridgehead atoms. The Kier molecular flexibility index (Phi) is 8.20. The molecule has 0 aromatic carbocycles. The van der Waals surface area contributed by atoms with Gasteiger partial charge in [0.25, 0.3) is 0 Å². The van der Waals surface area contributed by atoms with Gasteiger partial charge in [-0.15, -0.1) is 0 Å². The lowest BCUT2D eigenvalue weighted by Gasteiger charge is -2.20. The molecule has 1 amide bonds. The highest BCUT2D eigenvalue weighted by Crippen LogP contribution is 2.20. The second kappa shape index (κ2) is 9.38. The zero-order valence-electron chi connectivity index (χ0n) is 13.8. The minimum atomic E-state index is 0.182. The highest BCUT2D eigenvalue weighted by molar-refractivity contribution is 5.78. The third-order valence-corrected chi connectivity index (χ3v) is 4.08. The van der Waals surface area contributed by atoms with Crippen LogP contribution in [0.4, 0.5) is 0 Å². The normalized spacial score (nSPS) is 19.2. The maximum absolute atomic E-state index is 12.4. The molecule has 0 aliphatic carbocycles. The van der Waals surface area contributed by atoms with Gasteiger partial charge >= 0.3 is 0 Å². The molecular weight excluding hydrogens is 250 g/mol. The number of hydrogen-bond acceptors (Lipinski definition) is 2. The first-order valence-electron chi connectivity index (χ1n) is 8.38.